The van der Waals surface area contributed by atoms with Crippen LogP contribution in [-0.4, -0.2) is 61.5 Å². The van der Waals surface area contributed by atoms with E-state index in [1.165, 1.54) is 0 Å². The second-order valence-electron chi connectivity index (χ2n) is 6.18. The van der Waals surface area contributed by atoms with Crippen molar-refractivity contribution in [2.24, 2.45) is 0 Å². The molecule has 0 aliphatic carbocycles. The fourth-order valence-corrected chi connectivity index (χ4v) is 2.73. The summed E-state index contributed by atoms with van der Waals surface area (Å²) in [5.74, 6) is 0. The summed E-state index contributed by atoms with van der Waals surface area (Å²) in [5.41, 5.74) is 0. The molecule has 0 aromatic carbocycles. The fourth-order valence-electron chi connectivity index (χ4n) is 2.73. The van der Waals surface area contributed by atoms with Crippen LogP contribution in [-0.2, 0) is 9.47 Å². The zero-order chi connectivity index (χ0) is 15.9. The molecule has 1 atom stereocenters. The molecule has 0 aromatic heterocycles. The smallest absolute Gasteiger partial charge is 0.410 e. The van der Waals surface area contributed by atoms with Gasteiger partial charge in [0.1, 0.15) is 0 Å². The molecule has 0 spiro atoms. The van der Waals surface area contributed by atoms with Crippen LogP contribution < -0.4 is 10.6 Å². The van der Waals surface area contributed by atoms with E-state index < -0.39 is 0 Å². The van der Waals surface area contributed by atoms with Gasteiger partial charge in [-0.05, 0) is 39.5 Å². The number of carbonyl (C=O) groups is 2. The number of piperidine rings is 1. The van der Waals surface area contributed by atoms with Crippen LogP contribution in [0, 0.1) is 0 Å². The molecule has 3 amide bonds. The third-order valence-corrected chi connectivity index (χ3v) is 3.94. The SMILES string of the molecule is CC(C)OC(=O)N1CCC(NC(=O)NC[C@@H]2CCCO2)CC1. The van der Waals surface area contributed by atoms with Crippen LogP contribution in [0.4, 0.5) is 9.59 Å². The molecule has 2 aliphatic rings. The Morgan fingerprint density at radius 2 is 2.00 bits per heavy atom. The summed E-state index contributed by atoms with van der Waals surface area (Å²) in [6.45, 7) is 6.25. The minimum atomic E-state index is -0.267. The van der Waals surface area contributed by atoms with Gasteiger partial charge < -0.3 is 25.0 Å². The molecule has 0 bridgehead atoms. The second-order valence-corrected chi connectivity index (χ2v) is 6.18. The predicted octanol–water partition coefficient (Wildman–Crippen LogP) is 1.47. The Balaban J connectivity index is 1.62. The van der Waals surface area contributed by atoms with Crippen molar-refractivity contribution in [3.8, 4) is 0 Å². The first-order chi connectivity index (χ1) is 10.5. The Kier molecular flexibility index (Phi) is 6.30. The first-order valence-electron chi connectivity index (χ1n) is 8.16. The van der Waals surface area contributed by atoms with Crippen LogP contribution in [0.5, 0.6) is 0 Å². The van der Waals surface area contributed by atoms with Crippen LogP contribution in [0.15, 0.2) is 0 Å². The van der Waals surface area contributed by atoms with Gasteiger partial charge in [0.15, 0.2) is 0 Å². The molecule has 126 valence electrons. The highest BCUT2D eigenvalue weighted by Gasteiger charge is 2.25. The maximum Gasteiger partial charge on any atom is 0.410 e. The highest BCUT2D eigenvalue weighted by Crippen LogP contribution is 2.13. The first kappa shape index (κ1) is 16.9. The lowest BCUT2D eigenvalue weighted by Crippen LogP contribution is -2.50. The van der Waals surface area contributed by atoms with Crippen molar-refractivity contribution in [1.29, 1.82) is 0 Å². The van der Waals surface area contributed by atoms with E-state index in [-0.39, 0.29) is 30.4 Å². The molecule has 2 heterocycles. The van der Waals surface area contributed by atoms with Gasteiger partial charge >= 0.3 is 12.1 Å². The summed E-state index contributed by atoms with van der Waals surface area (Å²) < 4.78 is 10.6. The lowest BCUT2D eigenvalue weighted by Gasteiger charge is -2.32. The largest absolute Gasteiger partial charge is 0.447 e. The molecule has 7 heteroatoms. The van der Waals surface area contributed by atoms with E-state index in [9.17, 15) is 9.59 Å². The lowest BCUT2D eigenvalue weighted by atomic mass is 10.1. The molecule has 2 rings (SSSR count). The molecule has 0 radical (unpaired) electrons. The van der Waals surface area contributed by atoms with Crippen molar-refractivity contribution < 1.29 is 19.1 Å². The minimum Gasteiger partial charge on any atom is -0.447 e. The van der Waals surface area contributed by atoms with Gasteiger partial charge in [0, 0.05) is 32.3 Å². The van der Waals surface area contributed by atoms with Crippen molar-refractivity contribution in [2.75, 3.05) is 26.2 Å². The van der Waals surface area contributed by atoms with Crippen LogP contribution in [0.2, 0.25) is 0 Å². The predicted molar refractivity (Wildman–Crippen MR) is 81.7 cm³/mol. The summed E-state index contributed by atoms with van der Waals surface area (Å²) in [7, 11) is 0. The van der Waals surface area contributed by atoms with Crippen LogP contribution >= 0.6 is 0 Å². The molecular weight excluding hydrogens is 286 g/mol. The van der Waals surface area contributed by atoms with Gasteiger partial charge in [-0.2, -0.15) is 0 Å². The molecule has 0 unspecified atom stereocenters. The minimum absolute atomic E-state index is 0.104. The number of likely N-dealkylation sites (tertiary alicyclic amines) is 1. The number of rotatable bonds is 4. The third kappa shape index (κ3) is 5.36. The van der Waals surface area contributed by atoms with E-state index in [1.807, 2.05) is 13.8 Å². The van der Waals surface area contributed by atoms with Crippen molar-refractivity contribution in [2.45, 2.75) is 57.8 Å². The fraction of sp³-hybridized carbons (Fsp3) is 0.867. The number of urea groups is 1. The van der Waals surface area contributed by atoms with Gasteiger partial charge in [0.2, 0.25) is 0 Å². The molecule has 7 nitrogen and oxygen atoms in total. The average molecular weight is 313 g/mol. The van der Waals surface area contributed by atoms with Crippen LogP contribution in [0.25, 0.3) is 0 Å². The number of nitrogens with one attached hydrogen (secondary N) is 2. The van der Waals surface area contributed by atoms with Gasteiger partial charge in [-0.1, -0.05) is 0 Å². The quantitative estimate of drug-likeness (QED) is 0.824. The van der Waals surface area contributed by atoms with Crippen molar-refractivity contribution >= 4 is 12.1 Å². The lowest BCUT2D eigenvalue weighted by molar-refractivity contribution is 0.0682. The summed E-state index contributed by atoms with van der Waals surface area (Å²) >= 11 is 0. The zero-order valence-corrected chi connectivity index (χ0v) is 13.5. The number of hydrogen-bond acceptors (Lipinski definition) is 4. The topological polar surface area (TPSA) is 79.9 Å². The van der Waals surface area contributed by atoms with Crippen molar-refractivity contribution in [1.82, 2.24) is 15.5 Å². The summed E-state index contributed by atoms with van der Waals surface area (Å²) in [6.07, 6.45) is 3.36. The number of hydrogen-bond donors (Lipinski definition) is 2. The first-order valence-corrected chi connectivity index (χ1v) is 8.16. The van der Waals surface area contributed by atoms with Gasteiger partial charge in [0.05, 0.1) is 12.2 Å². The molecule has 2 aliphatic heterocycles. The molecule has 22 heavy (non-hydrogen) atoms. The Bertz CT molecular complexity index is 375. The summed E-state index contributed by atoms with van der Waals surface area (Å²) in [4.78, 5) is 25.3. The van der Waals surface area contributed by atoms with Crippen LogP contribution in [0.3, 0.4) is 0 Å². The summed E-state index contributed by atoms with van der Waals surface area (Å²) in [5, 5.41) is 5.81. The molecule has 0 saturated carbocycles. The standard InChI is InChI=1S/C15H27N3O4/c1-11(2)22-15(20)18-7-5-12(6-8-18)17-14(19)16-10-13-4-3-9-21-13/h11-13H,3-10H2,1-2H3,(H2,16,17,19)/t13-/m0/s1. The van der Waals surface area contributed by atoms with Crippen molar-refractivity contribution in [3.05, 3.63) is 0 Å². The average Bonchev–Trinajstić information content (AvgIpc) is 2.98. The maximum atomic E-state index is 11.8. The molecule has 2 saturated heterocycles. The van der Waals surface area contributed by atoms with Crippen molar-refractivity contribution in [3.63, 3.8) is 0 Å². The third-order valence-electron chi connectivity index (χ3n) is 3.94. The van der Waals surface area contributed by atoms with Crippen LogP contribution in [0.1, 0.15) is 39.5 Å². The van der Waals surface area contributed by atoms with Gasteiger partial charge in [-0.15, -0.1) is 0 Å². The van der Waals surface area contributed by atoms with E-state index in [0.29, 0.717) is 19.6 Å². The second kappa shape index (κ2) is 8.22. The Labute approximate surface area is 131 Å². The highest BCUT2D eigenvalue weighted by atomic mass is 16.6. The molecule has 0 aromatic rings. The zero-order valence-electron chi connectivity index (χ0n) is 13.5. The number of nitrogens with zero attached hydrogens (tertiary/aromatic N) is 1. The monoisotopic (exact) mass is 313 g/mol. The van der Waals surface area contributed by atoms with Gasteiger partial charge in [-0.3, -0.25) is 0 Å². The Morgan fingerprint density at radius 1 is 1.27 bits per heavy atom. The van der Waals surface area contributed by atoms with E-state index in [4.69, 9.17) is 9.47 Å². The molecule has 2 N–H and O–H groups in total. The molecular formula is C15H27N3O4. The maximum absolute atomic E-state index is 11.8. The van der Waals surface area contributed by atoms with E-state index in [1.54, 1.807) is 4.90 Å². The number of ether oxygens (including phenoxy) is 2. The Hall–Kier alpha value is -1.50. The van der Waals surface area contributed by atoms with E-state index in [0.717, 1.165) is 32.3 Å². The van der Waals surface area contributed by atoms with E-state index >= 15 is 0 Å². The number of carbonyl (C=O) groups excluding carboxylic acids is 2. The molecule has 2 fully saturated rings. The number of amides is 3. The van der Waals surface area contributed by atoms with E-state index in [2.05, 4.69) is 10.6 Å². The van der Waals surface area contributed by atoms with Gasteiger partial charge in [0.25, 0.3) is 0 Å². The summed E-state index contributed by atoms with van der Waals surface area (Å²) in [6, 6.07) is -0.0497. The Morgan fingerprint density at radius 3 is 2.59 bits per heavy atom. The normalized spacial score (nSPS) is 22.7. The van der Waals surface area contributed by atoms with Gasteiger partial charge in [-0.25, -0.2) is 9.59 Å². The highest BCUT2D eigenvalue weighted by molar-refractivity contribution is 5.74.